The summed E-state index contributed by atoms with van der Waals surface area (Å²) in [4.78, 5) is 51.2. The van der Waals surface area contributed by atoms with Crippen LogP contribution < -0.4 is 5.63 Å². The van der Waals surface area contributed by atoms with Crippen molar-refractivity contribution in [2.24, 2.45) is 0 Å². The fraction of sp³-hybridized carbons (Fsp3) is 0.0345. The zero-order valence-electron chi connectivity index (χ0n) is 18.5. The fourth-order valence-corrected chi connectivity index (χ4v) is 4.99. The van der Waals surface area contributed by atoms with E-state index in [1.54, 1.807) is 30.3 Å². The van der Waals surface area contributed by atoms with Crippen molar-refractivity contribution in [1.82, 2.24) is 0 Å². The van der Waals surface area contributed by atoms with Crippen LogP contribution in [0.4, 0.5) is 0 Å². The fourth-order valence-electron chi connectivity index (χ4n) is 4.66. The largest absolute Gasteiger partial charge is 0.457 e. The van der Waals surface area contributed by atoms with E-state index in [1.165, 1.54) is 18.2 Å². The van der Waals surface area contributed by atoms with E-state index < -0.39 is 17.4 Å². The molecule has 0 saturated heterocycles. The summed E-state index contributed by atoms with van der Waals surface area (Å²) < 4.78 is 10.9. The van der Waals surface area contributed by atoms with Gasteiger partial charge in [0.05, 0.1) is 16.1 Å². The molecule has 0 fully saturated rings. The molecule has 174 valence electrons. The molecule has 36 heavy (non-hydrogen) atoms. The monoisotopic (exact) mass is 494 g/mol. The Morgan fingerprint density at radius 2 is 1.53 bits per heavy atom. The van der Waals surface area contributed by atoms with Crippen LogP contribution in [0.3, 0.4) is 0 Å². The molecule has 1 aliphatic rings. The number of hydrogen-bond donors (Lipinski definition) is 0. The molecule has 0 atom stereocenters. The molecule has 0 N–H and O–H groups in total. The zero-order valence-corrected chi connectivity index (χ0v) is 19.3. The van der Waals surface area contributed by atoms with Gasteiger partial charge in [0.1, 0.15) is 12.2 Å². The van der Waals surface area contributed by atoms with Gasteiger partial charge in [-0.3, -0.25) is 9.59 Å². The maximum Gasteiger partial charge on any atom is 0.340 e. The molecular weight excluding hydrogens is 480 g/mol. The minimum Gasteiger partial charge on any atom is -0.457 e. The Bertz CT molecular complexity index is 1830. The average Bonchev–Trinajstić information content (AvgIpc) is 2.89. The van der Waals surface area contributed by atoms with Crippen LogP contribution >= 0.6 is 11.6 Å². The number of carbonyl (C=O) groups is 3. The second-order valence-corrected chi connectivity index (χ2v) is 8.76. The van der Waals surface area contributed by atoms with Crippen molar-refractivity contribution in [3.05, 3.63) is 128 Å². The van der Waals surface area contributed by atoms with Crippen LogP contribution in [0.5, 0.6) is 0 Å². The first-order chi connectivity index (χ1) is 17.4. The standard InChI is InChI=1S/C29H15ClO6/c30-26-21(11-10-20-25(26)28(33)19-8-4-3-7-18(19)27(20)32)29(34)35-14-16-13-23(31)36-22-12-9-15-5-1-2-6-17(15)24(16)22/h1-13H,14H2. The lowest BCUT2D eigenvalue weighted by atomic mass is 9.83. The van der Waals surface area contributed by atoms with E-state index in [4.69, 9.17) is 20.8 Å². The third kappa shape index (κ3) is 3.34. The Labute approximate surface area is 208 Å². The number of benzene rings is 4. The first kappa shape index (κ1) is 21.9. The minimum absolute atomic E-state index is 0.0217. The topological polar surface area (TPSA) is 90.7 Å². The van der Waals surface area contributed by atoms with Crippen LogP contribution in [0.25, 0.3) is 21.7 Å². The lowest BCUT2D eigenvalue weighted by Crippen LogP contribution is -2.22. The van der Waals surface area contributed by atoms with E-state index in [0.717, 1.165) is 10.8 Å². The van der Waals surface area contributed by atoms with E-state index in [0.29, 0.717) is 22.1 Å². The average molecular weight is 495 g/mol. The predicted octanol–water partition coefficient (Wildman–Crippen LogP) is 5.73. The molecule has 0 spiro atoms. The summed E-state index contributed by atoms with van der Waals surface area (Å²) in [7, 11) is 0. The van der Waals surface area contributed by atoms with E-state index in [9.17, 15) is 19.2 Å². The highest BCUT2D eigenvalue weighted by molar-refractivity contribution is 6.41. The van der Waals surface area contributed by atoms with Gasteiger partial charge in [-0.1, -0.05) is 66.2 Å². The van der Waals surface area contributed by atoms with Crippen LogP contribution in [0.1, 0.15) is 47.8 Å². The first-order valence-electron chi connectivity index (χ1n) is 11.1. The van der Waals surface area contributed by atoms with Gasteiger partial charge in [0, 0.05) is 33.7 Å². The number of halogens is 1. The molecule has 0 amide bonds. The van der Waals surface area contributed by atoms with Gasteiger partial charge >= 0.3 is 11.6 Å². The van der Waals surface area contributed by atoms with Crippen LogP contribution in [-0.2, 0) is 11.3 Å². The van der Waals surface area contributed by atoms with Crippen LogP contribution in [0.2, 0.25) is 5.02 Å². The van der Waals surface area contributed by atoms with Gasteiger partial charge in [0.25, 0.3) is 0 Å². The van der Waals surface area contributed by atoms with Crippen molar-refractivity contribution in [3.8, 4) is 0 Å². The van der Waals surface area contributed by atoms with Crippen molar-refractivity contribution >= 4 is 50.9 Å². The lowest BCUT2D eigenvalue weighted by molar-refractivity contribution is 0.0474. The van der Waals surface area contributed by atoms with E-state index in [-0.39, 0.29) is 39.7 Å². The summed E-state index contributed by atoms with van der Waals surface area (Å²) in [5, 5.41) is 2.30. The number of esters is 1. The van der Waals surface area contributed by atoms with Gasteiger partial charge in [0.15, 0.2) is 11.6 Å². The van der Waals surface area contributed by atoms with Gasteiger partial charge in [-0.25, -0.2) is 9.59 Å². The summed E-state index contributed by atoms with van der Waals surface area (Å²) in [6.45, 7) is -0.224. The highest BCUT2D eigenvalue weighted by Gasteiger charge is 2.33. The van der Waals surface area contributed by atoms with Gasteiger partial charge < -0.3 is 9.15 Å². The van der Waals surface area contributed by atoms with Gasteiger partial charge in [-0.2, -0.15) is 0 Å². The summed E-state index contributed by atoms with van der Waals surface area (Å²) in [6, 6.07) is 21.7. The second-order valence-electron chi connectivity index (χ2n) is 8.38. The van der Waals surface area contributed by atoms with Gasteiger partial charge in [0.2, 0.25) is 0 Å². The molecule has 0 saturated carbocycles. The van der Waals surface area contributed by atoms with Gasteiger partial charge in [-0.15, -0.1) is 0 Å². The van der Waals surface area contributed by atoms with Crippen molar-refractivity contribution < 1.29 is 23.5 Å². The molecule has 0 radical (unpaired) electrons. The molecule has 0 unspecified atom stereocenters. The second kappa shape index (κ2) is 8.29. The number of hydrogen-bond acceptors (Lipinski definition) is 6. The maximum absolute atomic E-state index is 13.1. The normalized spacial score (nSPS) is 12.5. The van der Waals surface area contributed by atoms with Crippen molar-refractivity contribution in [2.45, 2.75) is 6.61 Å². The number of ketones is 2. The third-order valence-electron chi connectivity index (χ3n) is 6.32. The van der Waals surface area contributed by atoms with Crippen LogP contribution in [-0.4, -0.2) is 17.5 Å². The summed E-state index contributed by atoms with van der Waals surface area (Å²) in [6.07, 6.45) is 0. The summed E-state index contributed by atoms with van der Waals surface area (Å²) in [5.74, 6) is -1.56. The molecule has 0 aliphatic heterocycles. The van der Waals surface area contributed by atoms with E-state index in [1.807, 2.05) is 30.3 Å². The van der Waals surface area contributed by atoms with Crippen molar-refractivity contribution in [3.63, 3.8) is 0 Å². The summed E-state index contributed by atoms with van der Waals surface area (Å²) >= 11 is 6.49. The molecule has 6 nitrogen and oxygen atoms in total. The smallest absolute Gasteiger partial charge is 0.340 e. The highest BCUT2D eigenvalue weighted by Crippen LogP contribution is 2.34. The molecular formula is C29H15ClO6. The van der Waals surface area contributed by atoms with Gasteiger partial charge in [-0.05, 0) is 29.0 Å². The molecule has 1 aliphatic carbocycles. The van der Waals surface area contributed by atoms with E-state index >= 15 is 0 Å². The molecule has 7 heteroatoms. The molecule has 1 heterocycles. The number of rotatable bonds is 3. The quantitative estimate of drug-likeness (QED) is 0.177. The molecule has 5 aromatic rings. The number of ether oxygens (including phenoxy) is 1. The van der Waals surface area contributed by atoms with Crippen LogP contribution in [0.15, 0.2) is 88.1 Å². The molecule has 1 aromatic heterocycles. The zero-order chi connectivity index (χ0) is 25.0. The maximum atomic E-state index is 13.1. The number of fused-ring (bicyclic) bond motifs is 5. The Kier molecular flexibility index (Phi) is 5.05. The third-order valence-corrected chi connectivity index (χ3v) is 6.72. The SMILES string of the molecule is O=C(OCc1cc(=O)oc2ccc3ccccc3c12)c1ccc2c(c1Cl)C(=O)c1ccccc1C2=O. The van der Waals surface area contributed by atoms with Crippen molar-refractivity contribution in [2.75, 3.05) is 0 Å². The Morgan fingerprint density at radius 1 is 0.806 bits per heavy atom. The molecule has 4 aromatic carbocycles. The summed E-state index contributed by atoms with van der Waals surface area (Å²) in [5.41, 5.74) is 0.874. The Morgan fingerprint density at radius 3 is 2.33 bits per heavy atom. The number of carbonyl (C=O) groups excluding carboxylic acids is 3. The first-order valence-corrected chi connectivity index (χ1v) is 11.4. The Hall–Kier alpha value is -4.55. The minimum atomic E-state index is -0.788. The van der Waals surface area contributed by atoms with E-state index in [2.05, 4.69) is 0 Å². The predicted molar refractivity (Wildman–Crippen MR) is 134 cm³/mol. The Balaban J connectivity index is 1.37. The van der Waals surface area contributed by atoms with Crippen LogP contribution in [0, 0.1) is 0 Å². The van der Waals surface area contributed by atoms with Crippen molar-refractivity contribution in [1.29, 1.82) is 0 Å². The molecule has 0 bridgehead atoms. The highest BCUT2D eigenvalue weighted by atomic mass is 35.5. The lowest BCUT2D eigenvalue weighted by Gasteiger charge is -2.19. The molecule has 6 rings (SSSR count).